The van der Waals surface area contributed by atoms with Gasteiger partial charge in [0.1, 0.15) is 0 Å². The minimum Gasteiger partial charge on any atom is -0.309 e. The molecule has 0 radical (unpaired) electrons. The van der Waals surface area contributed by atoms with E-state index in [9.17, 15) is 0 Å². The van der Waals surface area contributed by atoms with Crippen molar-refractivity contribution >= 4 is 32.1 Å². The molecule has 3 rings (SSSR count). The van der Waals surface area contributed by atoms with E-state index in [-0.39, 0.29) is 0 Å². The third-order valence-electron chi connectivity index (χ3n) is 3.34. The van der Waals surface area contributed by atoms with Crippen molar-refractivity contribution in [1.82, 2.24) is 10.3 Å². The second kappa shape index (κ2) is 6.04. The van der Waals surface area contributed by atoms with E-state index in [0.717, 1.165) is 18.7 Å². The number of likely N-dealkylation sites (N-methyl/N-ethyl adjacent to an activating group) is 1. The minimum atomic E-state index is 0.361. The standard InChI is InChI=1S/C16H18N2S2/c1-3-17-13(8-12-5-4-11(2)10-18-12)15-9-16-14(20-15)6-7-19-16/h4-7,9-10,13,17H,3,8H2,1-2H3. The van der Waals surface area contributed by atoms with Crippen LogP contribution in [0.2, 0.25) is 0 Å². The number of aryl methyl sites for hydroxylation is 1. The summed E-state index contributed by atoms with van der Waals surface area (Å²) in [5.74, 6) is 0. The molecule has 0 aliphatic rings. The summed E-state index contributed by atoms with van der Waals surface area (Å²) in [6.07, 6.45) is 2.90. The van der Waals surface area contributed by atoms with Crippen LogP contribution >= 0.6 is 22.7 Å². The number of thiophene rings is 2. The van der Waals surface area contributed by atoms with Gasteiger partial charge in [-0.1, -0.05) is 13.0 Å². The molecule has 0 saturated heterocycles. The van der Waals surface area contributed by atoms with Crippen molar-refractivity contribution in [2.45, 2.75) is 26.3 Å². The van der Waals surface area contributed by atoms with Crippen LogP contribution in [0.1, 0.15) is 29.1 Å². The summed E-state index contributed by atoms with van der Waals surface area (Å²) < 4.78 is 2.79. The zero-order valence-electron chi connectivity index (χ0n) is 11.7. The lowest BCUT2D eigenvalue weighted by atomic mass is 10.1. The van der Waals surface area contributed by atoms with E-state index in [2.05, 4.69) is 53.8 Å². The van der Waals surface area contributed by atoms with Crippen LogP contribution in [0.4, 0.5) is 0 Å². The molecule has 0 aromatic carbocycles. The van der Waals surface area contributed by atoms with Gasteiger partial charge in [0, 0.05) is 38.6 Å². The third kappa shape index (κ3) is 2.92. The van der Waals surface area contributed by atoms with E-state index < -0.39 is 0 Å². The van der Waals surface area contributed by atoms with Crippen molar-refractivity contribution in [2.24, 2.45) is 0 Å². The van der Waals surface area contributed by atoms with Gasteiger partial charge >= 0.3 is 0 Å². The molecule has 1 unspecified atom stereocenters. The topological polar surface area (TPSA) is 24.9 Å². The summed E-state index contributed by atoms with van der Waals surface area (Å²) in [6, 6.07) is 9.17. The first kappa shape index (κ1) is 13.7. The Kier molecular flexibility index (Phi) is 4.15. The normalized spacial score (nSPS) is 12.9. The lowest BCUT2D eigenvalue weighted by molar-refractivity contribution is 0.552. The Morgan fingerprint density at radius 1 is 1.25 bits per heavy atom. The van der Waals surface area contributed by atoms with Crippen molar-refractivity contribution < 1.29 is 0 Å². The van der Waals surface area contributed by atoms with Gasteiger partial charge in [-0.25, -0.2) is 0 Å². The van der Waals surface area contributed by atoms with Crippen molar-refractivity contribution in [3.8, 4) is 0 Å². The maximum Gasteiger partial charge on any atom is 0.0471 e. The van der Waals surface area contributed by atoms with Gasteiger partial charge in [0.25, 0.3) is 0 Å². The van der Waals surface area contributed by atoms with Gasteiger partial charge in [-0.05, 0) is 42.6 Å². The molecule has 0 amide bonds. The van der Waals surface area contributed by atoms with Crippen molar-refractivity contribution in [1.29, 1.82) is 0 Å². The zero-order valence-corrected chi connectivity index (χ0v) is 13.4. The van der Waals surface area contributed by atoms with E-state index in [1.54, 1.807) is 0 Å². The van der Waals surface area contributed by atoms with Crippen LogP contribution in [-0.2, 0) is 6.42 Å². The third-order valence-corrected chi connectivity index (χ3v) is 5.55. The largest absolute Gasteiger partial charge is 0.309 e. The van der Waals surface area contributed by atoms with E-state index in [1.165, 1.54) is 19.8 Å². The highest BCUT2D eigenvalue weighted by molar-refractivity contribution is 7.26. The molecule has 0 aliphatic carbocycles. The SMILES string of the molecule is CCNC(Cc1ccc(C)cn1)c1cc2sccc2s1. The summed E-state index contributed by atoms with van der Waals surface area (Å²) in [7, 11) is 0. The molecule has 2 nitrogen and oxygen atoms in total. The van der Waals surface area contributed by atoms with Gasteiger partial charge in [0.2, 0.25) is 0 Å². The average Bonchev–Trinajstić information content (AvgIpc) is 3.01. The second-order valence-electron chi connectivity index (χ2n) is 4.94. The van der Waals surface area contributed by atoms with Crippen LogP contribution in [0.15, 0.2) is 35.8 Å². The summed E-state index contributed by atoms with van der Waals surface area (Å²) in [5, 5.41) is 5.75. The zero-order chi connectivity index (χ0) is 13.9. The number of hydrogen-bond donors (Lipinski definition) is 1. The molecule has 0 bridgehead atoms. The molecule has 1 N–H and O–H groups in total. The number of pyridine rings is 1. The Labute approximate surface area is 127 Å². The fraction of sp³-hybridized carbons (Fsp3) is 0.312. The van der Waals surface area contributed by atoms with E-state index in [4.69, 9.17) is 0 Å². The fourth-order valence-electron chi connectivity index (χ4n) is 2.30. The number of rotatable bonds is 5. The van der Waals surface area contributed by atoms with Gasteiger partial charge in [0.15, 0.2) is 0 Å². The molecule has 0 spiro atoms. The summed E-state index contributed by atoms with van der Waals surface area (Å²) in [4.78, 5) is 5.95. The first-order valence-corrected chi connectivity index (χ1v) is 8.57. The monoisotopic (exact) mass is 302 g/mol. The number of nitrogens with one attached hydrogen (secondary N) is 1. The number of fused-ring (bicyclic) bond motifs is 1. The minimum absolute atomic E-state index is 0.361. The van der Waals surface area contributed by atoms with Crippen molar-refractivity contribution in [3.05, 3.63) is 52.0 Å². The molecule has 4 heteroatoms. The lowest BCUT2D eigenvalue weighted by Crippen LogP contribution is -2.22. The summed E-state index contributed by atoms with van der Waals surface area (Å²) in [6.45, 7) is 5.21. The number of aromatic nitrogens is 1. The quantitative estimate of drug-likeness (QED) is 0.747. The molecule has 3 aromatic rings. The molecular formula is C16H18N2S2. The van der Waals surface area contributed by atoms with Gasteiger partial charge in [-0.3, -0.25) is 4.98 Å². The lowest BCUT2D eigenvalue weighted by Gasteiger charge is -2.16. The molecule has 3 heterocycles. The van der Waals surface area contributed by atoms with Crippen LogP contribution in [0, 0.1) is 6.92 Å². The molecule has 20 heavy (non-hydrogen) atoms. The van der Waals surface area contributed by atoms with Crippen molar-refractivity contribution in [2.75, 3.05) is 6.54 Å². The van der Waals surface area contributed by atoms with E-state index >= 15 is 0 Å². The molecule has 3 aromatic heterocycles. The number of hydrogen-bond acceptors (Lipinski definition) is 4. The van der Waals surface area contributed by atoms with Gasteiger partial charge in [0.05, 0.1) is 0 Å². The highest BCUT2D eigenvalue weighted by atomic mass is 32.1. The molecule has 0 saturated carbocycles. The number of nitrogens with zero attached hydrogens (tertiary/aromatic N) is 1. The Morgan fingerprint density at radius 2 is 2.15 bits per heavy atom. The van der Waals surface area contributed by atoms with Gasteiger partial charge in [-0.15, -0.1) is 22.7 Å². The van der Waals surface area contributed by atoms with Crippen LogP contribution in [0.3, 0.4) is 0 Å². The first-order valence-electron chi connectivity index (χ1n) is 6.88. The van der Waals surface area contributed by atoms with E-state index in [0.29, 0.717) is 6.04 Å². The van der Waals surface area contributed by atoms with Crippen LogP contribution in [-0.4, -0.2) is 11.5 Å². The molecule has 104 valence electrons. The van der Waals surface area contributed by atoms with Crippen LogP contribution < -0.4 is 5.32 Å². The predicted molar refractivity (Wildman–Crippen MR) is 88.8 cm³/mol. The van der Waals surface area contributed by atoms with E-state index in [1.807, 2.05) is 28.9 Å². The highest BCUT2D eigenvalue weighted by Gasteiger charge is 2.15. The second-order valence-corrected chi connectivity index (χ2v) is 7.00. The predicted octanol–water partition coefficient (Wildman–Crippen LogP) is 4.56. The molecule has 0 fully saturated rings. The van der Waals surface area contributed by atoms with Crippen LogP contribution in [0.5, 0.6) is 0 Å². The highest BCUT2D eigenvalue weighted by Crippen LogP contribution is 2.34. The molecule has 0 aliphatic heterocycles. The van der Waals surface area contributed by atoms with Gasteiger partial charge < -0.3 is 5.32 Å². The summed E-state index contributed by atoms with van der Waals surface area (Å²) >= 11 is 3.71. The summed E-state index contributed by atoms with van der Waals surface area (Å²) in [5.41, 5.74) is 2.36. The Morgan fingerprint density at radius 3 is 2.85 bits per heavy atom. The van der Waals surface area contributed by atoms with Crippen LogP contribution in [0.25, 0.3) is 9.40 Å². The van der Waals surface area contributed by atoms with Gasteiger partial charge in [-0.2, -0.15) is 0 Å². The smallest absolute Gasteiger partial charge is 0.0471 e. The average molecular weight is 302 g/mol. The Balaban J connectivity index is 1.84. The molecule has 1 atom stereocenters. The maximum absolute atomic E-state index is 4.53. The maximum atomic E-state index is 4.53. The fourth-order valence-corrected chi connectivity index (χ4v) is 4.50. The Bertz CT molecular complexity index is 653. The Hall–Kier alpha value is -1.23. The molecular weight excluding hydrogens is 284 g/mol. The first-order chi connectivity index (χ1) is 9.76. The van der Waals surface area contributed by atoms with Crippen molar-refractivity contribution in [3.63, 3.8) is 0 Å².